The Bertz CT molecular complexity index is 1040. The first kappa shape index (κ1) is 38.8. The third kappa shape index (κ3) is 18.5. The zero-order valence-corrected chi connectivity index (χ0v) is 28.7. The van der Waals surface area contributed by atoms with Crippen LogP contribution in [0.5, 0.6) is 5.75 Å². The van der Waals surface area contributed by atoms with Gasteiger partial charge in [-0.2, -0.15) is 0 Å². The number of carbonyl (C=O) groups excluding carboxylic acids is 4. The molecule has 0 bridgehead atoms. The third-order valence-corrected chi connectivity index (χ3v) is 5.44. The monoisotopic (exact) mass is 622 g/mol. The number of esters is 4. The maximum absolute atomic E-state index is 13.1. The Hall–Kier alpha value is -3.18. The van der Waals surface area contributed by atoms with Crippen LogP contribution in [0.3, 0.4) is 0 Å². The molecule has 1 aromatic rings. The van der Waals surface area contributed by atoms with Crippen molar-refractivity contribution in [2.45, 2.75) is 118 Å². The second-order valence-corrected chi connectivity index (χ2v) is 14.9. The van der Waals surface area contributed by atoms with Gasteiger partial charge in [0.1, 0.15) is 28.2 Å². The van der Waals surface area contributed by atoms with E-state index >= 15 is 0 Å². The minimum absolute atomic E-state index is 0.0744. The van der Waals surface area contributed by atoms with E-state index < -0.39 is 52.3 Å². The van der Waals surface area contributed by atoms with E-state index in [1.54, 1.807) is 105 Å². The first-order valence-electron chi connectivity index (χ1n) is 14.9. The first-order chi connectivity index (χ1) is 19.8. The maximum Gasteiger partial charge on any atom is 0.320 e. The molecule has 0 aliphatic heterocycles. The van der Waals surface area contributed by atoms with Crippen molar-refractivity contribution in [1.82, 2.24) is 9.80 Å². The van der Waals surface area contributed by atoms with E-state index in [1.807, 2.05) is 0 Å². The second-order valence-electron chi connectivity index (χ2n) is 14.9. The van der Waals surface area contributed by atoms with Gasteiger partial charge in [-0.1, -0.05) is 12.1 Å². The van der Waals surface area contributed by atoms with Crippen molar-refractivity contribution in [3.05, 3.63) is 29.8 Å². The van der Waals surface area contributed by atoms with E-state index in [2.05, 4.69) is 0 Å². The van der Waals surface area contributed by atoms with Crippen molar-refractivity contribution in [3.8, 4) is 5.75 Å². The lowest BCUT2D eigenvalue weighted by atomic mass is 10.0. The summed E-state index contributed by atoms with van der Waals surface area (Å²) >= 11 is 0. The average molecular weight is 623 g/mol. The van der Waals surface area contributed by atoms with Crippen molar-refractivity contribution >= 4 is 23.9 Å². The summed E-state index contributed by atoms with van der Waals surface area (Å²) in [7, 11) is 0. The van der Waals surface area contributed by atoms with Gasteiger partial charge in [0.25, 0.3) is 0 Å². The Labute approximate surface area is 263 Å². The van der Waals surface area contributed by atoms with E-state index in [0.29, 0.717) is 6.42 Å². The van der Waals surface area contributed by atoms with E-state index in [1.165, 1.54) is 12.1 Å². The molecule has 44 heavy (non-hydrogen) atoms. The zero-order valence-electron chi connectivity index (χ0n) is 28.7. The summed E-state index contributed by atoms with van der Waals surface area (Å²) in [6, 6.07) is 5.94. The summed E-state index contributed by atoms with van der Waals surface area (Å²) in [5.41, 5.74) is -2.24. The lowest BCUT2D eigenvalue weighted by Gasteiger charge is -2.36. The molecule has 0 radical (unpaired) electrons. The number of benzene rings is 1. The normalized spacial score (nSPS) is 13.4. The fourth-order valence-corrected chi connectivity index (χ4v) is 4.20. The van der Waals surface area contributed by atoms with Crippen molar-refractivity contribution in [1.29, 1.82) is 0 Å². The molecule has 1 N–H and O–H groups in total. The fourth-order valence-electron chi connectivity index (χ4n) is 4.20. The molecule has 0 heterocycles. The molecule has 0 saturated carbocycles. The Morgan fingerprint density at radius 1 is 0.591 bits per heavy atom. The van der Waals surface area contributed by atoms with Crippen LogP contribution in [0.2, 0.25) is 0 Å². The van der Waals surface area contributed by atoms with Crippen LogP contribution in [0.4, 0.5) is 0 Å². The predicted octanol–water partition coefficient (Wildman–Crippen LogP) is 4.27. The van der Waals surface area contributed by atoms with Gasteiger partial charge in [0.15, 0.2) is 0 Å². The average Bonchev–Trinajstić information content (AvgIpc) is 2.74. The van der Waals surface area contributed by atoms with Crippen LogP contribution in [0.15, 0.2) is 24.3 Å². The number of hydrogen-bond donors (Lipinski definition) is 1. The molecule has 1 aromatic carbocycles. The van der Waals surface area contributed by atoms with E-state index in [4.69, 9.17) is 18.9 Å². The van der Waals surface area contributed by atoms with Crippen LogP contribution in [-0.4, -0.2) is 100.0 Å². The summed E-state index contributed by atoms with van der Waals surface area (Å²) in [5, 5.41) is 9.84. The quantitative estimate of drug-likeness (QED) is 0.250. The van der Waals surface area contributed by atoms with Crippen molar-refractivity contribution in [3.63, 3.8) is 0 Å². The summed E-state index contributed by atoms with van der Waals surface area (Å²) in [5.74, 6) is -2.11. The Morgan fingerprint density at radius 2 is 0.909 bits per heavy atom. The summed E-state index contributed by atoms with van der Waals surface area (Å²) in [4.78, 5) is 55.3. The number of ether oxygens (including phenoxy) is 4. The van der Waals surface area contributed by atoms with Gasteiger partial charge < -0.3 is 24.1 Å². The standard InChI is InChI=1S/C33H54N2O9/c1-30(2,3)41-26(37)19-34(20-27(38)42-31(4,5)6)18-24(17-23-13-15-25(36)16-14-23)35(21-28(39)43-32(7,8)9)22-29(40)44-33(10,11)12/h13-16,24,36H,17-22H2,1-12H3/t24-/m0/s1. The smallest absolute Gasteiger partial charge is 0.320 e. The number of hydrogen-bond acceptors (Lipinski definition) is 11. The molecule has 1 rings (SSSR count). The zero-order chi connectivity index (χ0) is 34.1. The molecule has 0 unspecified atom stereocenters. The number of rotatable bonds is 13. The van der Waals surface area contributed by atoms with E-state index in [0.717, 1.165) is 5.56 Å². The minimum Gasteiger partial charge on any atom is -0.508 e. The summed E-state index contributed by atoms with van der Waals surface area (Å²) < 4.78 is 22.2. The SMILES string of the molecule is CC(C)(C)OC(=O)CN(CC(=O)OC(C)(C)C)C[C@H](Cc1ccc(O)cc1)N(CC(=O)OC(C)(C)C)CC(=O)OC(C)(C)C. The number of nitrogens with zero attached hydrogens (tertiary/aromatic N) is 2. The predicted molar refractivity (Wildman–Crippen MR) is 167 cm³/mol. The van der Waals surface area contributed by atoms with Crippen molar-refractivity contribution in [2.24, 2.45) is 0 Å². The Morgan fingerprint density at radius 3 is 1.23 bits per heavy atom. The molecule has 11 heteroatoms. The van der Waals surface area contributed by atoms with Gasteiger partial charge in [-0.25, -0.2) is 0 Å². The molecule has 0 fully saturated rings. The number of phenols is 1. The Balaban J connectivity index is 3.55. The van der Waals surface area contributed by atoms with Crippen LogP contribution in [0, 0.1) is 0 Å². The topological polar surface area (TPSA) is 132 Å². The van der Waals surface area contributed by atoms with Gasteiger partial charge in [-0.05, 0) is 107 Å². The highest BCUT2D eigenvalue weighted by molar-refractivity contribution is 5.76. The lowest BCUT2D eigenvalue weighted by Crippen LogP contribution is -2.52. The van der Waals surface area contributed by atoms with Crippen LogP contribution in [0.1, 0.15) is 88.6 Å². The molecule has 0 aromatic heterocycles. The maximum atomic E-state index is 13.1. The van der Waals surface area contributed by atoms with Gasteiger partial charge in [0.2, 0.25) is 0 Å². The Kier molecular flexibility index (Phi) is 13.9. The highest BCUT2D eigenvalue weighted by atomic mass is 16.6. The molecule has 11 nitrogen and oxygen atoms in total. The number of aromatic hydroxyl groups is 1. The fraction of sp³-hybridized carbons (Fsp3) is 0.697. The van der Waals surface area contributed by atoms with Gasteiger partial charge in [0.05, 0.1) is 26.2 Å². The van der Waals surface area contributed by atoms with Crippen LogP contribution >= 0.6 is 0 Å². The molecule has 250 valence electrons. The van der Waals surface area contributed by atoms with Crippen LogP contribution < -0.4 is 0 Å². The molecule has 1 atom stereocenters. The van der Waals surface area contributed by atoms with E-state index in [-0.39, 0.29) is 38.5 Å². The van der Waals surface area contributed by atoms with E-state index in [9.17, 15) is 24.3 Å². The highest BCUT2D eigenvalue weighted by Gasteiger charge is 2.32. The molecular weight excluding hydrogens is 568 g/mol. The lowest BCUT2D eigenvalue weighted by molar-refractivity contribution is -0.165. The number of phenolic OH excluding ortho intramolecular Hbond substituents is 1. The summed E-state index contributed by atoms with van der Waals surface area (Å²) in [6.07, 6.45) is 0.297. The molecular formula is C33H54N2O9. The molecule has 0 spiro atoms. The molecule has 0 aliphatic rings. The molecule has 0 amide bonds. The number of carbonyl (C=O) groups is 4. The van der Waals surface area contributed by atoms with Gasteiger partial charge in [-0.15, -0.1) is 0 Å². The van der Waals surface area contributed by atoms with Gasteiger partial charge in [0, 0.05) is 12.6 Å². The van der Waals surface area contributed by atoms with Gasteiger partial charge >= 0.3 is 23.9 Å². The highest BCUT2D eigenvalue weighted by Crippen LogP contribution is 2.18. The largest absolute Gasteiger partial charge is 0.508 e. The summed E-state index contributed by atoms with van der Waals surface area (Å²) in [6.45, 7) is 20.1. The van der Waals surface area contributed by atoms with Crippen molar-refractivity contribution < 1.29 is 43.2 Å². The van der Waals surface area contributed by atoms with Gasteiger partial charge in [-0.3, -0.25) is 29.0 Å². The third-order valence-electron chi connectivity index (χ3n) is 5.44. The van der Waals surface area contributed by atoms with Crippen LogP contribution in [-0.2, 0) is 44.5 Å². The second kappa shape index (κ2) is 15.7. The molecule has 0 saturated heterocycles. The first-order valence-corrected chi connectivity index (χ1v) is 14.9. The molecule has 0 aliphatic carbocycles. The van der Waals surface area contributed by atoms with Crippen molar-refractivity contribution in [2.75, 3.05) is 32.7 Å². The van der Waals surface area contributed by atoms with Crippen LogP contribution in [0.25, 0.3) is 0 Å². The minimum atomic E-state index is -0.763.